The summed E-state index contributed by atoms with van der Waals surface area (Å²) < 4.78 is 38.3. The molecule has 1 N–H and O–H groups in total. The Morgan fingerprint density at radius 2 is 1.64 bits per heavy atom. The van der Waals surface area contributed by atoms with E-state index < -0.39 is 24.3 Å². The van der Waals surface area contributed by atoms with Crippen molar-refractivity contribution in [1.29, 1.82) is 0 Å². The first-order valence-electron chi connectivity index (χ1n) is 23.3. The minimum Gasteiger partial charge on any atom is -0.490 e. The Bertz CT molecular complexity index is 2350. The highest BCUT2D eigenvalue weighted by atomic mass is 19.3. The molecule has 1 atom stereocenters. The molecule has 7 heterocycles. The Hall–Kier alpha value is -5.58. The van der Waals surface area contributed by atoms with Crippen molar-refractivity contribution in [1.82, 2.24) is 34.7 Å². The number of halogens is 2. The summed E-state index contributed by atoms with van der Waals surface area (Å²) in [6.07, 6.45) is 5.49. The first-order chi connectivity index (χ1) is 31.0. The van der Waals surface area contributed by atoms with Crippen molar-refractivity contribution in [2.45, 2.75) is 103 Å². The van der Waals surface area contributed by atoms with E-state index in [0.29, 0.717) is 87.5 Å². The molecule has 1 aliphatic carbocycles. The maximum atomic E-state index is 15.0. The zero-order valence-electron chi connectivity index (χ0n) is 36.5. The van der Waals surface area contributed by atoms with Gasteiger partial charge in [-0.3, -0.25) is 38.9 Å². The van der Waals surface area contributed by atoms with E-state index in [1.54, 1.807) is 16.7 Å². The lowest BCUT2D eigenvalue weighted by molar-refractivity contribution is -0.137. The van der Waals surface area contributed by atoms with Crippen LogP contribution in [0.4, 0.5) is 26.0 Å². The summed E-state index contributed by atoms with van der Waals surface area (Å²) in [6, 6.07) is 8.44. The van der Waals surface area contributed by atoms with Crippen LogP contribution in [0.2, 0.25) is 0 Å². The summed E-state index contributed by atoms with van der Waals surface area (Å²) in [5.41, 5.74) is 4.74. The zero-order chi connectivity index (χ0) is 44.2. The van der Waals surface area contributed by atoms with Gasteiger partial charge in [0, 0.05) is 107 Å². The maximum Gasteiger partial charge on any atom is 0.264 e. The second-order valence-electron chi connectivity index (χ2n) is 18.6. The molecule has 10 rings (SSSR count). The molecule has 4 fully saturated rings. The Kier molecular flexibility index (Phi) is 11.5. The number of alkyl halides is 2. The minimum absolute atomic E-state index is 0.00752. The number of anilines is 3. The number of nitrogens with one attached hydrogen (secondary N) is 1. The van der Waals surface area contributed by atoms with Gasteiger partial charge in [0.25, 0.3) is 18.2 Å². The lowest BCUT2D eigenvalue weighted by Gasteiger charge is -2.40. The van der Waals surface area contributed by atoms with Gasteiger partial charge in [-0.15, -0.1) is 0 Å². The molecule has 5 amide bonds. The number of amides is 5. The van der Waals surface area contributed by atoms with Crippen LogP contribution in [0.1, 0.15) is 120 Å². The molecule has 17 heteroatoms. The van der Waals surface area contributed by atoms with Gasteiger partial charge in [0.15, 0.2) is 5.82 Å². The van der Waals surface area contributed by atoms with Crippen molar-refractivity contribution >= 4 is 46.7 Å². The van der Waals surface area contributed by atoms with Gasteiger partial charge in [0.1, 0.15) is 18.4 Å². The number of nitrogens with zero attached hydrogens (tertiary/aromatic N) is 8. The number of piperidine rings is 2. The van der Waals surface area contributed by atoms with Gasteiger partial charge in [-0.25, -0.2) is 8.78 Å². The third kappa shape index (κ3) is 7.97. The Morgan fingerprint density at radius 1 is 0.859 bits per heavy atom. The lowest BCUT2D eigenvalue weighted by Crippen LogP contribution is -2.52. The quantitative estimate of drug-likeness (QED) is 0.300. The fraction of sp³-hybridized carbons (Fsp3) is 0.574. The van der Waals surface area contributed by atoms with Gasteiger partial charge in [0.2, 0.25) is 17.7 Å². The van der Waals surface area contributed by atoms with Crippen LogP contribution in [-0.2, 0) is 33.9 Å². The molecule has 1 aromatic heterocycles. The summed E-state index contributed by atoms with van der Waals surface area (Å²) in [7, 11) is 0. The second-order valence-corrected chi connectivity index (χ2v) is 18.6. The fourth-order valence-electron chi connectivity index (χ4n) is 11.2. The van der Waals surface area contributed by atoms with E-state index in [9.17, 15) is 24.0 Å². The second kappa shape index (κ2) is 17.4. The normalized spacial score (nSPS) is 22.4. The predicted octanol–water partition coefficient (Wildman–Crippen LogP) is 5.20. The van der Waals surface area contributed by atoms with Gasteiger partial charge in [0.05, 0.1) is 30.4 Å². The smallest absolute Gasteiger partial charge is 0.264 e. The molecule has 3 saturated heterocycles. The summed E-state index contributed by atoms with van der Waals surface area (Å²) in [5.74, 6) is 0.124. The van der Waals surface area contributed by atoms with Crippen LogP contribution < -0.4 is 19.9 Å². The number of benzene rings is 2. The summed E-state index contributed by atoms with van der Waals surface area (Å²) >= 11 is 0. The number of hydrogen-bond acceptors (Lipinski definition) is 10. The third-order valence-corrected chi connectivity index (χ3v) is 14.8. The highest BCUT2D eigenvalue weighted by Crippen LogP contribution is 2.45. The highest BCUT2D eigenvalue weighted by Gasteiger charge is 2.40. The number of carbonyl (C=O) groups excluding carboxylic acids is 5. The Morgan fingerprint density at radius 3 is 2.38 bits per heavy atom. The van der Waals surface area contributed by atoms with E-state index in [0.717, 1.165) is 93.8 Å². The summed E-state index contributed by atoms with van der Waals surface area (Å²) in [5, 5.41) is 7.55. The van der Waals surface area contributed by atoms with E-state index in [1.165, 1.54) is 18.6 Å². The molecule has 64 heavy (non-hydrogen) atoms. The van der Waals surface area contributed by atoms with E-state index in [2.05, 4.69) is 25.9 Å². The monoisotopic (exact) mass is 881 g/mol. The Labute approximate surface area is 371 Å². The van der Waals surface area contributed by atoms with Crippen LogP contribution in [0, 0.1) is 5.92 Å². The first-order valence-corrected chi connectivity index (χ1v) is 23.3. The van der Waals surface area contributed by atoms with Crippen molar-refractivity contribution in [3.05, 3.63) is 63.8 Å². The molecular weight excluding hydrogens is 825 g/mol. The molecular formula is C47H57F2N9O6. The van der Waals surface area contributed by atoms with E-state index in [1.807, 2.05) is 21.9 Å². The van der Waals surface area contributed by atoms with Crippen LogP contribution in [0.5, 0.6) is 5.75 Å². The van der Waals surface area contributed by atoms with E-state index in [4.69, 9.17) is 9.84 Å². The number of ether oxygens (including phenoxy) is 1. The number of fused-ring (bicyclic) bond motifs is 3. The van der Waals surface area contributed by atoms with Crippen molar-refractivity contribution in [2.75, 3.05) is 75.3 Å². The highest BCUT2D eigenvalue weighted by molar-refractivity contribution is 6.05. The van der Waals surface area contributed by atoms with Crippen LogP contribution in [0.3, 0.4) is 0 Å². The summed E-state index contributed by atoms with van der Waals surface area (Å²) in [6.45, 7) is 8.88. The molecule has 340 valence electrons. The molecule has 15 nitrogen and oxygen atoms in total. The van der Waals surface area contributed by atoms with E-state index in [-0.39, 0.29) is 41.3 Å². The van der Waals surface area contributed by atoms with Crippen molar-refractivity contribution in [2.24, 2.45) is 5.92 Å². The number of piperazine rings is 1. The molecule has 0 radical (unpaired) electrons. The average molecular weight is 882 g/mol. The fourth-order valence-corrected chi connectivity index (χ4v) is 11.2. The number of hydrogen-bond donors (Lipinski definition) is 1. The van der Waals surface area contributed by atoms with Crippen LogP contribution >= 0.6 is 0 Å². The lowest BCUT2D eigenvalue weighted by atomic mass is 9.94. The van der Waals surface area contributed by atoms with E-state index >= 15 is 8.78 Å². The van der Waals surface area contributed by atoms with Gasteiger partial charge in [-0.05, 0) is 73.9 Å². The SMILES string of the molecule is CC(=O)N1CCc2c(c(N3CCOc4cc(C(=O)N5CCC(CN6CCN(c7ccc8c(c7)CN(C7CCC(=O)NC7=O)C8=O)CC6)CC5)c(C(F)F)cc43)nn2C2CCCCC2)C1. The Balaban J connectivity index is 0.772. The zero-order valence-corrected chi connectivity index (χ0v) is 36.5. The standard InChI is InChI=1S/C47H57F2N9O6/c1-29(59)55-16-13-38-37(28-55)44(51-58(38)32-5-3-2-4-6-32)56-21-22-64-41-25-36(35(43(48)49)24-40(41)56)46(62)54-14-11-30(12-15-54)26-52-17-19-53(20-18-52)33-7-8-34-31(23-33)27-57(47(34)63)39-9-10-42(60)50-45(39)61/h7-8,23-25,30,32,39,43H,2-6,9-22,26-28H2,1H3,(H,50,60,61). The number of imide groups is 1. The number of rotatable bonds is 8. The van der Waals surface area contributed by atoms with Gasteiger partial charge < -0.3 is 29.2 Å². The van der Waals surface area contributed by atoms with Gasteiger partial charge >= 0.3 is 0 Å². The largest absolute Gasteiger partial charge is 0.490 e. The molecule has 1 saturated carbocycles. The van der Waals surface area contributed by atoms with Crippen molar-refractivity contribution < 1.29 is 37.5 Å². The van der Waals surface area contributed by atoms with Crippen molar-refractivity contribution in [3.63, 3.8) is 0 Å². The number of likely N-dealkylation sites (tertiary alicyclic amines) is 1. The molecule has 6 aliphatic heterocycles. The first kappa shape index (κ1) is 42.4. The van der Waals surface area contributed by atoms with Gasteiger partial charge in [-0.2, -0.15) is 5.10 Å². The molecule has 3 aromatic rings. The molecule has 0 bridgehead atoms. The molecule has 1 unspecified atom stereocenters. The third-order valence-electron chi connectivity index (χ3n) is 14.8. The maximum absolute atomic E-state index is 15.0. The van der Waals surface area contributed by atoms with Crippen molar-refractivity contribution in [3.8, 4) is 5.75 Å². The predicted molar refractivity (Wildman–Crippen MR) is 233 cm³/mol. The van der Waals surface area contributed by atoms with Crippen LogP contribution in [0.15, 0.2) is 30.3 Å². The van der Waals surface area contributed by atoms with Gasteiger partial charge in [-0.1, -0.05) is 19.3 Å². The van der Waals surface area contributed by atoms with Crippen LogP contribution in [-0.4, -0.2) is 130 Å². The minimum atomic E-state index is -2.88. The molecule has 2 aromatic carbocycles. The van der Waals surface area contributed by atoms with Crippen LogP contribution in [0.25, 0.3) is 0 Å². The molecule has 7 aliphatic rings. The average Bonchev–Trinajstić information content (AvgIpc) is 3.85. The molecule has 0 spiro atoms. The topological polar surface area (TPSA) is 144 Å². The number of carbonyl (C=O) groups is 5. The number of aromatic nitrogens is 2. The summed E-state index contributed by atoms with van der Waals surface area (Å²) in [4.78, 5) is 75.8.